The van der Waals surface area contributed by atoms with Crippen molar-refractivity contribution >= 4 is 11.8 Å². The summed E-state index contributed by atoms with van der Waals surface area (Å²) in [6, 6.07) is 16.9. The third kappa shape index (κ3) is 6.30. The van der Waals surface area contributed by atoms with Gasteiger partial charge in [-0.25, -0.2) is 0 Å². The molecule has 0 radical (unpaired) electrons. The molecule has 0 saturated carbocycles. The fraction of sp³-hybridized carbons (Fsp3) is 0.300. The Bertz CT molecular complexity index is 686. The van der Waals surface area contributed by atoms with E-state index in [1.165, 1.54) is 0 Å². The van der Waals surface area contributed by atoms with Crippen LogP contribution in [0, 0.1) is 0 Å². The number of rotatable bonds is 9. The summed E-state index contributed by atoms with van der Waals surface area (Å²) in [6.45, 7) is 3.35. The molecule has 0 heterocycles. The van der Waals surface area contributed by atoms with E-state index in [2.05, 4.69) is 10.6 Å². The molecule has 0 atom stereocenters. The van der Waals surface area contributed by atoms with Gasteiger partial charge in [-0.2, -0.15) is 0 Å². The first kappa shape index (κ1) is 18.5. The monoisotopic (exact) mass is 340 g/mol. The van der Waals surface area contributed by atoms with Gasteiger partial charge in [-0.15, -0.1) is 0 Å². The minimum atomic E-state index is -0.186. The lowest BCUT2D eigenvalue weighted by Gasteiger charge is -2.10. The van der Waals surface area contributed by atoms with Crippen LogP contribution >= 0.6 is 0 Å². The third-order valence-electron chi connectivity index (χ3n) is 3.63. The van der Waals surface area contributed by atoms with Crippen LogP contribution in [0.15, 0.2) is 54.6 Å². The number of amides is 2. The second kappa shape index (κ2) is 10.1. The predicted octanol–water partition coefficient (Wildman–Crippen LogP) is 2.91. The first-order chi connectivity index (χ1) is 12.2. The minimum absolute atomic E-state index is 0.0205. The quantitative estimate of drug-likeness (QED) is 0.690. The zero-order valence-electron chi connectivity index (χ0n) is 14.5. The molecule has 0 aromatic heterocycles. The highest BCUT2D eigenvalue weighted by Crippen LogP contribution is 2.17. The number of nitrogens with one attached hydrogen (secondary N) is 2. The SMILES string of the molecule is CCOc1ccccc1C(=O)NCCCC(=O)NCc1ccccc1. The van der Waals surface area contributed by atoms with E-state index in [1.54, 1.807) is 18.2 Å². The molecular formula is C20H24N2O3. The highest BCUT2D eigenvalue weighted by atomic mass is 16.5. The van der Waals surface area contributed by atoms with E-state index in [0.29, 0.717) is 43.9 Å². The minimum Gasteiger partial charge on any atom is -0.493 e. The van der Waals surface area contributed by atoms with E-state index in [9.17, 15) is 9.59 Å². The molecule has 0 bridgehead atoms. The molecule has 2 rings (SSSR count). The summed E-state index contributed by atoms with van der Waals surface area (Å²) in [5.74, 6) is 0.365. The summed E-state index contributed by atoms with van der Waals surface area (Å²) in [7, 11) is 0. The highest BCUT2D eigenvalue weighted by molar-refractivity contribution is 5.96. The molecule has 5 nitrogen and oxygen atoms in total. The lowest BCUT2D eigenvalue weighted by Crippen LogP contribution is -2.27. The Balaban J connectivity index is 1.68. The Labute approximate surface area is 148 Å². The zero-order valence-corrected chi connectivity index (χ0v) is 14.5. The maximum absolute atomic E-state index is 12.2. The summed E-state index contributed by atoms with van der Waals surface area (Å²) in [5, 5.41) is 5.70. The van der Waals surface area contributed by atoms with E-state index in [-0.39, 0.29) is 11.8 Å². The summed E-state index contributed by atoms with van der Waals surface area (Å²) in [6.07, 6.45) is 0.962. The maximum atomic E-state index is 12.2. The van der Waals surface area contributed by atoms with Crippen LogP contribution in [0.2, 0.25) is 0 Å². The average Bonchev–Trinajstić information content (AvgIpc) is 2.65. The van der Waals surface area contributed by atoms with Gasteiger partial charge in [0.15, 0.2) is 0 Å². The zero-order chi connectivity index (χ0) is 17.9. The largest absolute Gasteiger partial charge is 0.493 e. The molecule has 0 fully saturated rings. The number of carbonyl (C=O) groups is 2. The molecule has 2 amide bonds. The third-order valence-corrected chi connectivity index (χ3v) is 3.63. The fourth-order valence-corrected chi connectivity index (χ4v) is 2.37. The maximum Gasteiger partial charge on any atom is 0.255 e. The van der Waals surface area contributed by atoms with Crippen LogP contribution in [0.4, 0.5) is 0 Å². The number of carbonyl (C=O) groups excluding carboxylic acids is 2. The van der Waals surface area contributed by atoms with Crippen molar-refractivity contribution in [1.29, 1.82) is 0 Å². The van der Waals surface area contributed by atoms with Crippen molar-refractivity contribution in [2.24, 2.45) is 0 Å². The highest BCUT2D eigenvalue weighted by Gasteiger charge is 2.11. The van der Waals surface area contributed by atoms with Crippen LogP contribution < -0.4 is 15.4 Å². The smallest absolute Gasteiger partial charge is 0.255 e. The lowest BCUT2D eigenvalue weighted by molar-refractivity contribution is -0.121. The van der Waals surface area contributed by atoms with Crippen molar-refractivity contribution < 1.29 is 14.3 Å². The molecule has 0 saturated heterocycles. The molecule has 25 heavy (non-hydrogen) atoms. The Morgan fingerprint density at radius 3 is 2.44 bits per heavy atom. The van der Waals surface area contributed by atoms with Crippen molar-refractivity contribution in [1.82, 2.24) is 10.6 Å². The first-order valence-corrected chi connectivity index (χ1v) is 8.51. The van der Waals surface area contributed by atoms with E-state index < -0.39 is 0 Å². The molecule has 2 aromatic carbocycles. The van der Waals surface area contributed by atoms with Crippen LogP contribution in [0.5, 0.6) is 5.75 Å². The van der Waals surface area contributed by atoms with Gasteiger partial charge in [0.25, 0.3) is 5.91 Å². The average molecular weight is 340 g/mol. The molecule has 5 heteroatoms. The van der Waals surface area contributed by atoms with Gasteiger partial charge in [0, 0.05) is 19.5 Å². The number of ether oxygens (including phenoxy) is 1. The Morgan fingerprint density at radius 2 is 1.68 bits per heavy atom. The van der Waals surface area contributed by atoms with Gasteiger partial charge < -0.3 is 15.4 Å². The molecule has 0 unspecified atom stereocenters. The van der Waals surface area contributed by atoms with Crippen molar-refractivity contribution in [2.45, 2.75) is 26.3 Å². The van der Waals surface area contributed by atoms with Crippen molar-refractivity contribution in [3.05, 3.63) is 65.7 Å². The standard InChI is InChI=1S/C20H24N2O3/c1-2-25-18-12-7-6-11-17(18)20(24)21-14-8-13-19(23)22-15-16-9-4-3-5-10-16/h3-7,9-12H,2,8,13-15H2,1H3,(H,21,24)(H,22,23). The summed E-state index contributed by atoms with van der Waals surface area (Å²) < 4.78 is 5.45. The van der Waals surface area contributed by atoms with Crippen LogP contribution in [-0.2, 0) is 11.3 Å². The Hall–Kier alpha value is -2.82. The molecule has 0 aliphatic heterocycles. The van der Waals surface area contributed by atoms with Crippen LogP contribution in [0.1, 0.15) is 35.7 Å². The number of hydrogen-bond acceptors (Lipinski definition) is 3. The molecule has 2 aromatic rings. The van der Waals surface area contributed by atoms with Gasteiger partial charge in [-0.1, -0.05) is 42.5 Å². The molecule has 0 aliphatic rings. The van der Waals surface area contributed by atoms with E-state index in [0.717, 1.165) is 5.56 Å². The first-order valence-electron chi connectivity index (χ1n) is 8.51. The second-order valence-electron chi connectivity index (χ2n) is 5.55. The Kier molecular flexibility index (Phi) is 7.50. The van der Waals surface area contributed by atoms with Gasteiger partial charge in [0.05, 0.1) is 12.2 Å². The van der Waals surface area contributed by atoms with Gasteiger partial charge in [0.1, 0.15) is 5.75 Å². The Morgan fingerprint density at radius 1 is 0.960 bits per heavy atom. The molecule has 2 N–H and O–H groups in total. The molecular weight excluding hydrogens is 316 g/mol. The fourth-order valence-electron chi connectivity index (χ4n) is 2.37. The second-order valence-corrected chi connectivity index (χ2v) is 5.55. The normalized spacial score (nSPS) is 10.1. The topological polar surface area (TPSA) is 67.4 Å². The van der Waals surface area contributed by atoms with Crippen LogP contribution in [0.3, 0.4) is 0 Å². The predicted molar refractivity (Wildman–Crippen MR) is 97.5 cm³/mol. The van der Waals surface area contributed by atoms with E-state index in [1.807, 2.05) is 43.3 Å². The van der Waals surface area contributed by atoms with E-state index >= 15 is 0 Å². The number of hydrogen-bond donors (Lipinski definition) is 2. The van der Waals surface area contributed by atoms with Crippen molar-refractivity contribution in [3.8, 4) is 5.75 Å². The number of benzene rings is 2. The van der Waals surface area contributed by atoms with Crippen molar-refractivity contribution in [2.75, 3.05) is 13.2 Å². The summed E-state index contributed by atoms with van der Waals surface area (Å²) in [4.78, 5) is 24.0. The van der Waals surface area contributed by atoms with Gasteiger partial charge >= 0.3 is 0 Å². The lowest BCUT2D eigenvalue weighted by atomic mass is 10.2. The molecule has 132 valence electrons. The van der Waals surface area contributed by atoms with E-state index in [4.69, 9.17) is 4.74 Å². The van der Waals surface area contributed by atoms with Gasteiger partial charge in [-0.05, 0) is 31.0 Å². The van der Waals surface area contributed by atoms with Crippen molar-refractivity contribution in [3.63, 3.8) is 0 Å². The van der Waals surface area contributed by atoms with Crippen LogP contribution in [-0.4, -0.2) is 25.0 Å². The van der Waals surface area contributed by atoms with Gasteiger partial charge in [0.2, 0.25) is 5.91 Å². The molecule has 0 spiro atoms. The summed E-state index contributed by atoms with van der Waals surface area (Å²) in [5.41, 5.74) is 1.58. The number of para-hydroxylation sites is 1. The van der Waals surface area contributed by atoms with Gasteiger partial charge in [-0.3, -0.25) is 9.59 Å². The summed E-state index contributed by atoms with van der Waals surface area (Å²) >= 11 is 0. The van der Waals surface area contributed by atoms with Crippen LogP contribution in [0.25, 0.3) is 0 Å². The molecule has 0 aliphatic carbocycles.